The van der Waals surface area contributed by atoms with E-state index in [2.05, 4.69) is 16.5 Å². The van der Waals surface area contributed by atoms with E-state index in [4.69, 9.17) is 0 Å². The van der Waals surface area contributed by atoms with Crippen molar-refractivity contribution in [3.8, 4) is 0 Å². The van der Waals surface area contributed by atoms with Crippen LogP contribution < -0.4 is 5.56 Å². The van der Waals surface area contributed by atoms with Crippen molar-refractivity contribution in [1.82, 2.24) is 14.9 Å². The molecule has 2 aromatic heterocycles. The van der Waals surface area contributed by atoms with E-state index in [0.717, 1.165) is 35.9 Å². The normalized spacial score (nSPS) is 15.3. The predicted octanol–water partition coefficient (Wildman–Crippen LogP) is 2.23. The van der Waals surface area contributed by atoms with Crippen LogP contribution >= 0.6 is 11.3 Å². The first-order valence-corrected chi connectivity index (χ1v) is 8.91. The molecule has 3 rings (SSSR count). The van der Waals surface area contributed by atoms with Gasteiger partial charge in [0.15, 0.2) is 0 Å². The lowest BCUT2D eigenvalue weighted by atomic mass is 10.2. The second-order valence-corrected chi connectivity index (χ2v) is 7.35. The first-order chi connectivity index (χ1) is 11.1. The maximum absolute atomic E-state index is 12.4. The number of nitrogens with zero attached hydrogens (tertiary/aromatic N) is 2. The van der Waals surface area contributed by atoms with Gasteiger partial charge in [-0.3, -0.25) is 9.69 Å². The van der Waals surface area contributed by atoms with Crippen molar-refractivity contribution in [3.63, 3.8) is 0 Å². The van der Waals surface area contributed by atoms with Crippen molar-refractivity contribution in [3.05, 3.63) is 39.3 Å². The zero-order valence-electron chi connectivity index (χ0n) is 13.5. The number of nitrogens with one attached hydrogen (secondary N) is 1. The highest BCUT2D eigenvalue weighted by Gasteiger charge is 2.21. The monoisotopic (exact) mass is 333 g/mol. The van der Waals surface area contributed by atoms with Crippen LogP contribution in [0.3, 0.4) is 0 Å². The van der Waals surface area contributed by atoms with Crippen LogP contribution in [0.4, 0.5) is 0 Å². The van der Waals surface area contributed by atoms with Crippen LogP contribution in [0, 0.1) is 0 Å². The molecule has 0 aliphatic heterocycles. The molecule has 1 atom stereocenters. The molecular weight excluding hydrogens is 310 g/mol. The molecule has 124 valence electrons. The summed E-state index contributed by atoms with van der Waals surface area (Å²) >= 11 is 1.66. The lowest BCUT2D eigenvalue weighted by Gasteiger charge is -2.19. The maximum Gasteiger partial charge on any atom is 0.259 e. The molecule has 23 heavy (non-hydrogen) atoms. The number of hydrogen-bond acceptors (Lipinski definition) is 5. The van der Waals surface area contributed by atoms with Crippen molar-refractivity contribution in [1.29, 1.82) is 0 Å². The van der Waals surface area contributed by atoms with E-state index < -0.39 is 0 Å². The number of rotatable bonds is 7. The first kappa shape index (κ1) is 16.4. The SMILES string of the molecule is C=CCCC(O)CN(C)Cc1nc2sc3c(c2c(=O)[nH]1)CCC3. The number of allylic oxidation sites excluding steroid dienone is 1. The molecule has 2 N–H and O–H groups in total. The minimum atomic E-state index is -0.390. The molecule has 0 saturated heterocycles. The summed E-state index contributed by atoms with van der Waals surface area (Å²) in [4.78, 5) is 24.1. The molecule has 0 saturated carbocycles. The summed E-state index contributed by atoms with van der Waals surface area (Å²) in [6.07, 6.45) is 6.13. The Hall–Kier alpha value is -1.50. The predicted molar refractivity (Wildman–Crippen MR) is 94.0 cm³/mol. The van der Waals surface area contributed by atoms with Gasteiger partial charge in [-0.1, -0.05) is 6.08 Å². The molecule has 0 spiro atoms. The Morgan fingerprint density at radius 2 is 2.35 bits per heavy atom. The first-order valence-electron chi connectivity index (χ1n) is 8.09. The number of aryl methyl sites for hydroxylation is 2. The number of hydrogen-bond donors (Lipinski definition) is 2. The summed E-state index contributed by atoms with van der Waals surface area (Å²) in [6, 6.07) is 0. The van der Waals surface area contributed by atoms with Crippen molar-refractivity contribution in [2.45, 2.75) is 44.8 Å². The molecule has 0 radical (unpaired) electrons. The van der Waals surface area contributed by atoms with E-state index in [-0.39, 0.29) is 11.7 Å². The minimum absolute atomic E-state index is 0.0231. The molecule has 2 heterocycles. The topological polar surface area (TPSA) is 69.2 Å². The fourth-order valence-electron chi connectivity index (χ4n) is 3.20. The minimum Gasteiger partial charge on any atom is -0.392 e. The van der Waals surface area contributed by atoms with Crippen molar-refractivity contribution in [2.24, 2.45) is 0 Å². The zero-order valence-corrected chi connectivity index (χ0v) is 14.3. The van der Waals surface area contributed by atoms with Gasteiger partial charge in [0.2, 0.25) is 0 Å². The van der Waals surface area contributed by atoms with Gasteiger partial charge in [0.25, 0.3) is 5.56 Å². The van der Waals surface area contributed by atoms with Crippen LogP contribution in [0.25, 0.3) is 10.2 Å². The van der Waals surface area contributed by atoms with E-state index in [1.165, 1.54) is 10.4 Å². The summed E-state index contributed by atoms with van der Waals surface area (Å²) in [5.74, 6) is 0.667. The van der Waals surface area contributed by atoms with Gasteiger partial charge in [-0.05, 0) is 44.7 Å². The van der Waals surface area contributed by atoms with Crippen LogP contribution in [0.1, 0.15) is 35.5 Å². The standard InChI is InChI=1S/C17H23N3O2S/c1-3-4-6-11(21)9-20(2)10-14-18-16(22)15-12-7-5-8-13(12)23-17(15)19-14/h3,11,21H,1,4-10H2,2H3,(H,18,19,22). The smallest absolute Gasteiger partial charge is 0.259 e. The number of aromatic nitrogens is 2. The Labute approximate surface area is 139 Å². The van der Waals surface area contributed by atoms with Gasteiger partial charge in [0.1, 0.15) is 10.7 Å². The van der Waals surface area contributed by atoms with Gasteiger partial charge < -0.3 is 10.1 Å². The lowest BCUT2D eigenvalue weighted by Crippen LogP contribution is -2.30. The molecule has 0 amide bonds. The summed E-state index contributed by atoms with van der Waals surface area (Å²) in [5.41, 5.74) is 1.18. The van der Waals surface area contributed by atoms with Crippen LogP contribution in [-0.2, 0) is 19.4 Å². The number of aromatic amines is 1. The maximum atomic E-state index is 12.4. The molecule has 5 nitrogen and oxygen atoms in total. The molecule has 1 aliphatic carbocycles. The fraction of sp³-hybridized carbons (Fsp3) is 0.529. The summed E-state index contributed by atoms with van der Waals surface area (Å²) in [7, 11) is 1.93. The number of H-pyrrole nitrogens is 1. The third-order valence-corrected chi connectivity index (χ3v) is 5.46. The van der Waals surface area contributed by atoms with E-state index in [9.17, 15) is 9.90 Å². The van der Waals surface area contributed by atoms with E-state index in [0.29, 0.717) is 25.3 Å². The van der Waals surface area contributed by atoms with Gasteiger partial charge in [0.05, 0.1) is 18.0 Å². The van der Waals surface area contributed by atoms with E-state index in [1.54, 1.807) is 11.3 Å². The number of aliphatic hydroxyl groups is 1. The van der Waals surface area contributed by atoms with E-state index >= 15 is 0 Å². The second-order valence-electron chi connectivity index (χ2n) is 6.27. The number of likely N-dealkylation sites (N-methyl/N-ethyl adjacent to an activating group) is 1. The molecule has 0 fully saturated rings. The molecule has 6 heteroatoms. The van der Waals surface area contributed by atoms with Crippen molar-refractivity contribution >= 4 is 21.6 Å². The average Bonchev–Trinajstić information content (AvgIpc) is 3.04. The molecule has 0 bridgehead atoms. The van der Waals surface area contributed by atoms with Gasteiger partial charge in [-0.2, -0.15) is 0 Å². The summed E-state index contributed by atoms with van der Waals surface area (Å²) < 4.78 is 0. The largest absolute Gasteiger partial charge is 0.392 e. The Morgan fingerprint density at radius 3 is 3.13 bits per heavy atom. The zero-order chi connectivity index (χ0) is 16.4. The van der Waals surface area contributed by atoms with Crippen LogP contribution in [-0.4, -0.2) is 39.7 Å². The molecule has 1 unspecified atom stereocenters. The van der Waals surface area contributed by atoms with Gasteiger partial charge >= 0.3 is 0 Å². The lowest BCUT2D eigenvalue weighted by molar-refractivity contribution is 0.115. The van der Waals surface area contributed by atoms with Gasteiger partial charge in [0, 0.05) is 11.4 Å². The summed E-state index contributed by atoms with van der Waals surface area (Å²) in [5, 5.41) is 10.7. The van der Waals surface area contributed by atoms with E-state index in [1.807, 2.05) is 18.0 Å². The average molecular weight is 333 g/mol. The third-order valence-electron chi connectivity index (χ3n) is 4.27. The van der Waals surface area contributed by atoms with Crippen LogP contribution in [0.15, 0.2) is 17.4 Å². The third kappa shape index (κ3) is 3.54. The van der Waals surface area contributed by atoms with Crippen molar-refractivity contribution in [2.75, 3.05) is 13.6 Å². The highest BCUT2D eigenvalue weighted by atomic mass is 32.1. The quantitative estimate of drug-likeness (QED) is 0.763. The molecule has 1 aliphatic rings. The second kappa shape index (κ2) is 6.95. The Morgan fingerprint density at radius 1 is 1.52 bits per heavy atom. The van der Waals surface area contributed by atoms with Gasteiger partial charge in [-0.15, -0.1) is 17.9 Å². The summed E-state index contributed by atoms with van der Waals surface area (Å²) in [6.45, 7) is 4.74. The molecular formula is C17H23N3O2S. The fourth-order valence-corrected chi connectivity index (χ4v) is 4.48. The Kier molecular flexibility index (Phi) is 4.94. The highest BCUT2D eigenvalue weighted by Crippen LogP contribution is 2.34. The van der Waals surface area contributed by atoms with Crippen molar-refractivity contribution < 1.29 is 5.11 Å². The number of aliphatic hydroxyl groups excluding tert-OH is 1. The highest BCUT2D eigenvalue weighted by molar-refractivity contribution is 7.18. The molecule has 2 aromatic rings. The Bertz CT molecular complexity index is 765. The Balaban J connectivity index is 1.73. The number of fused-ring (bicyclic) bond motifs is 3. The van der Waals surface area contributed by atoms with Crippen LogP contribution in [0.5, 0.6) is 0 Å². The molecule has 0 aromatic carbocycles. The van der Waals surface area contributed by atoms with Crippen LogP contribution in [0.2, 0.25) is 0 Å². The number of thiophene rings is 1. The van der Waals surface area contributed by atoms with Gasteiger partial charge in [-0.25, -0.2) is 4.98 Å².